The minimum absolute atomic E-state index is 0.332. The van der Waals surface area contributed by atoms with E-state index in [9.17, 15) is 9.90 Å². The van der Waals surface area contributed by atoms with Crippen LogP contribution in [0.3, 0.4) is 0 Å². The number of benzene rings is 2. The molecule has 30 heavy (non-hydrogen) atoms. The minimum Gasteiger partial charge on any atom is -0.356 e. The SMILES string of the molecule is CCN1c2nc(Cc3nc4ccccc4[nH]3)n(Cc3ccccc3)c2C(=O)NC1O. The molecule has 4 aromatic rings. The number of carbonyl (C=O) groups is 1. The van der Waals surface area contributed by atoms with Crippen LogP contribution < -0.4 is 10.2 Å². The molecule has 0 aliphatic carbocycles. The van der Waals surface area contributed by atoms with Crippen LogP contribution in [0.1, 0.15) is 34.6 Å². The number of rotatable bonds is 5. The Balaban J connectivity index is 1.61. The van der Waals surface area contributed by atoms with E-state index in [2.05, 4.69) is 15.3 Å². The van der Waals surface area contributed by atoms with Crippen LogP contribution in [0.5, 0.6) is 0 Å². The van der Waals surface area contributed by atoms with E-state index in [0.29, 0.717) is 36.8 Å². The first kappa shape index (κ1) is 18.4. The Kier molecular flexibility index (Phi) is 4.48. The highest BCUT2D eigenvalue weighted by atomic mass is 16.3. The molecule has 0 saturated heterocycles. The highest BCUT2D eigenvalue weighted by Gasteiger charge is 2.35. The van der Waals surface area contributed by atoms with Crippen molar-refractivity contribution in [3.63, 3.8) is 0 Å². The molecular weight excluding hydrogens is 380 g/mol. The van der Waals surface area contributed by atoms with Gasteiger partial charge in [-0.15, -0.1) is 0 Å². The molecule has 3 heterocycles. The fourth-order valence-electron chi connectivity index (χ4n) is 3.92. The van der Waals surface area contributed by atoms with E-state index in [1.807, 2.05) is 66.1 Å². The fraction of sp³-hybridized carbons (Fsp3) is 0.227. The molecule has 1 amide bonds. The summed E-state index contributed by atoms with van der Waals surface area (Å²) in [7, 11) is 0. The predicted molar refractivity (Wildman–Crippen MR) is 113 cm³/mol. The number of nitrogens with zero attached hydrogens (tertiary/aromatic N) is 4. The minimum atomic E-state index is -1.09. The number of imidazole rings is 2. The third-order valence-electron chi connectivity index (χ3n) is 5.36. The van der Waals surface area contributed by atoms with Gasteiger partial charge in [0.2, 0.25) is 6.35 Å². The molecule has 1 atom stereocenters. The van der Waals surface area contributed by atoms with Gasteiger partial charge >= 0.3 is 0 Å². The van der Waals surface area contributed by atoms with Crippen molar-refractivity contribution in [2.24, 2.45) is 0 Å². The Bertz CT molecular complexity index is 1180. The van der Waals surface area contributed by atoms with Crippen LogP contribution in [-0.4, -0.2) is 43.4 Å². The molecule has 0 saturated carbocycles. The maximum atomic E-state index is 12.8. The summed E-state index contributed by atoms with van der Waals surface area (Å²) in [4.78, 5) is 27.2. The van der Waals surface area contributed by atoms with Gasteiger partial charge in [-0.1, -0.05) is 42.5 Å². The molecule has 1 aliphatic heterocycles. The standard InChI is InChI=1S/C22H22N6O2/c1-2-27-20-19(21(29)26-22(27)30)28(13-14-8-4-3-5-9-14)18(25-20)12-17-23-15-10-6-7-11-16(15)24-17/h3-11,22,30H,2,12-13H2,1H3,(H,23,24)(H,26,29). The van der Waals surface area contributed by atoms with Gasteiger partial charge in [0.1, 0.15) is 11.6 Å². The monoisotopic (exact) mass is 402 g/mol. The van der Waals surface area contributed by atoms with E-state index in [4.69, 9.17) is 4.98 Å². The third kappa shape index (κ3) is 3.11. The lowest BCUT2D eigenvalue weighted by molar-refractivity contribution is 0.0735. The van der Waals surface area contributed by atoms with Gasteiger partial charge in [0.15, 0.2) is 11.5 Å². The van der Waals surface area contributed by atoms with Gasteiger partial charge in [0, 0.05) is 13.1 Å². The lowest BCUT2D eigenvalue weighted by atomic mass is 10.2. The Morgan fingerprint density at radius 2 is 1.83 bits per heavy atom. The number of carbonyl (C=O) groups excluding carboxylic acids is 1. The summed E-state index contributed by atoms with van der Waals surface area (Å²) in [5, 5.41) is 12.9. The maximum Gasteiger partial charge on any atom is 0.275 e. The smallest absolute Gasteiger partial charge is 0.275 e. The average molecular weight is 402 g/mol. The number of nitrogens with one attached hydrogen (secondary N) is 2. The van der Waals surface area contributed by atoms with Crippen LogP contribution in [0.4, 0.5) is 5.82 Å². The van der Waals surface area contributed by atoms with E-state index in [1.54, 1.807) is 4.90 Å². The number of hydrogen-bond acceptors (Lipinski definition) is 5. The summed E-state index contributed by atoms with van der Waals surface area (Å²) in [6, 6.07) is 17.8. The first-order chi connectivity index (χ1) is 14.6. The average Bonchev–Trinajstić information content (AvgIpc) is 3.30. The largest absolute Gasteiger partial charge is 0.356 e. The van der Waals surface area contributed by atoms with Crippen molar-refractivity contribution in [2.45, 2.75) is 26.2 Å². The number of H-pyrrole nitrogens is 1. The van der Waals surface area contributed by atoms with Crippen LogP contribution in [0.15, 0.2) is 54.6 Å². The first-order valence-electron chi connectivity index (χ1n) is 9.96. The van der Waals surface area contributed by atoms with Crippen molar-refractivity contribution in [1.29, 1.82) is 0 Å². The lowest BCUT2D eigenvalue weighted by Gasteiger charge is -2.32. The molecule has 0 spiro atoms. The summed E-state index contributed by atoms with van der Waals surface area (Å²) >= 11 is 0. The molecule has 2 aromatic carbocycles. The number of aromatic nitrogens is 4. The van der Waals surface area contributed by atoms with Gasteiger partial charge < -0.3 is 24.9 Å². The second kappa shape index (κ2) is 7.31. The number of fused-ring (bicyclic) bond motifs is 2. The van der Waals surface area contributed by atoms with Gasteiger partial charge in [-0.2, -0.15) is 0 Å². The highest BCUT2D eigenvalue weighted by Crippen LogP contribution is 2.28. The zero-order valence-electron chi connectivity index (χ0n) is 16.5. The highest BCUT2D eigenvalue weighted by molar-refractivity contribution is 5.99. The molecule has 5 rings (SSSR count). The Morgan fingerprint density at radius 1 is 1.07 bits per heavy atom. The fourth-order valence-corrected chi connectivity index (χ4v) is 3.92. The Morgan fingerprint density at radius 3 is 2.60 bits per heavy atom. The van der Waals surface area contributed by atoms with Crippen molar-refractivity contribution in [1.82, 2.24) is 24.8 Å². The molecule has 0 bridgehead atoms. The molecule has 0 radical (unpaired) electrons. The summed E-state index contributed by atoms with van der Waals surface area (Å²) in [5.74, 6) is 1.65. The third-order valence-corrected chi connectivity index (χ3v) is 5.36. The first-order valence-corrected chi connectivity index (χ1v) is 9.96. The Labute approximate surface area is 173 Å². The molecule has 1 unspecified atom stereocenters. The van der Waals surface area contributed by atoms with Crippen LogP contribution in [-0.2, 0) is 13.0 Å². The summed E-state index contributed by atoms with van der Waals surface area (Å²) in [5.41, 5.74) is 3.37. The van der Waals surface area contributed by atoms with Crippen LogP contribution in [0.25, 0.3) is 11.0 Å². The molecular formula is C22H22N6O2. The second-order valence-corrected chi connectivity index (χ2v) is 7.28. The number of aliphatic hydroxyl groups excluding tert-OH is 1. The van der Waals surface area contributed by atoms with E-state index in [1.165, 1.54) is 0 Å². The molecule has 3 N–H and O–H groups in total. The summed E-state index contributed by atoms with van der Waals surface area (Å²) in [6.07, 6.45) is -0.649. The van der Waals surface area contributed by atoms with Crippen molar-refractivity contribution >= 4 is 22.8 Å². The van der Waals surface area contributed by atoms with Crippen LogP contribution in [0.2, 0.25) is 0 Å². The molecule has 1 aliphatic rings. The second-order valence-electron chi connectivity index (χ2n) is 7.28. The van der Waals surface area contributed by atoms with E-state index >= 15 is 0 Å². The lowest BCUT2D eigenvalue weighted by Crippen LogP contribution is -2.53. The van der Waals surface area contributed by atoms with Crippen molar-refractivity contribution < 1.29 is 9.90 Å². The van der Waals surface area contributed by atoms with Crippen LogP contribution in [0, 0.1) is 0 Å². The van der Waals surface area contributed by atoms with Gasteiger partial charge in [0.05, 0.1) is 17.5 Å². The van der Waals surface area contributed by atoms with E-state index in [0.717, 1.165) is 22.4 Å². The summed E-state index contributed by atoms with van der Waals surface area (Å²) < 4.78 is 1.92. The number of hydrogen-bond donors (Lipinski definition) is 3. The number of para-hydroxylation sites is 2. The van der Waals surface area contributed by atoms with Crippen LogP contribution >= 0.6 is 0 Å². The summed E-state index contributed by atoms with van der Waals surface area (Å²) in [6.45, 7) is 2.93. The number of anilines is 1. The zero-order chi connectivity index (χ0) is 20.7. The van der Waals surface area contributed by atoms with Gasteiger partial charge in [-0.3, -0.25) is 4.79 Å². The van der Waals surface area contributed by atoms with Crippen molar-refractivity contribution in [3.05, 3.63) is 77.5 Å². The zero-order valence-corrected chi connectivity index (χ0v) is 16.5. The predicted octanol–water partition coefficient (Wildman–Crippen LogP) is 2.24. The van der Waals surface area contributed by atoms with Crippen molar-refractivity contribution in [3.8, 4) is 0 Å². The molecule has 152 valence electrons. The van der Waals surface area contributed by atoms with Gasteiger partial charge in [-0.05, 0) is 24.6 Å². The Hall–Kier alpha value is -3.65. The van der Waals surface area contributed by atoms with Crippen molar-refractivity contribution in [2.75, 3.05) is 11.4 Å². The van der Waals surface area contributed by atoms with Gasteiger partial charge in [-0.25, -0.2) is 9.97 Å². The molecule has 8 nitrogen and oxygen atoms in total. The number of aliphatic hydroxyl groups is 1. The quantitative estimate of drug-likeness (QED) is 0.476. The molecule has 0 fully saturated rings. The topological polar surface area (TPSA) is 99.1 Å². The van der Waals surface area contributed by atoms with Gasteiger partial charge in [0.25, 0.3) is 5.91 Å². The van der Waals surface area contributed by atoms with E-state index < -0.39 is 6.35 Å². The molecule has 2 aromatic heterocycles. The molecule has 8 heteroatoms. The normalized spacial score (nSPS) is 16.0. The van der Waals surface area contributed by atoms with E-state index in [-0.39, 0.29) is 5.91 Å². The number of amides is 1. The maximum absolute atomic E-state index is 12.8. The number of aromatic amines is 1.